The molecule has 0 amide bonds. The number of halogens is 1. The second-order valence-corrected chi connectivity index (χ2v) is 8.58. The first-order chi connectivity index (χ1) is 9.31. The molecule has 0 aromatic heterocycles. The van der Waals surface area contributed by atoms with Crippen LogP contribution in [0, 0.1) is 5.41 Å². The smallest absolute Gasteiger partial charge is 0.240 e. The number of sulfonamides is 1. The Morgan fingerprint density at radius 3 is 2.60 bits per heavy atom. The Balaban J connectivity index is 2.03. The lowest BCUT2D eigenvalue weighted by atomic mass is 9.81. The van der Waals surface area contributed by atoms with Crippen LogP contribution in [0.3, 0.4) is 0 Å². The van der Waals surface area contributed by atoms with Crippen LogP contribution in [0.1, 0.15) is 19.8 Å². The summed E-state index contributed by atoms with van der Waals surface area (Å²) in [5.41, 5.74) is 0.0472. The molecule has 1 aliphatic rings. The van der Waals surface area contributed by atoms with Gasteiger partial charge in [-0.05, 0) is 56.6 Å². The standard InChI is InChI=1S/C14H21BrN2O2S/c1-14(6-8-17(2)9-7-14)11-16-20(18,19)13-5-3-4-12(15)10-13/h3-5,10,16H,6-9,11H2,1-2H3. The number of rotatable bonds is 4. The molecule has 1 aromatic carbocycles. The van der Waals surface area contributed by atoms with Crippen LogP contribution in [-0.4, -0.2) is 40.0 Å². The summed E-state index contributed by atoms with van der Waals surface area (Å²) in [6.07, 6.45) is 2.04. The van der Waals surface area contributed by atoms with Crippen LogP contribution >= 0.6 is 15.9 Å². The zero-order chi connectivity index (χ0) is 14.8. The fourth-order valence-corrected chi connectivity index (χ4v) is 4.12. The summed E-state index contributed by atoms with van der Waals surface area (Å²) >= 11 is 3.30. The molecule has 112 valence electrons. The number of piperidine rings is 1. The molecular formula is C14H21BrN2O2S. The van der Waals surface area contributed by atoms with Gasteiger partial charge >= 0.3 is 0 Å². The third-order valence-electron chi connectivity index (χ3n) is 3.99. The van der Waals surface area contributed by atoms with Crippen molar-refractivity contribution in [3.63, 3.8) is 0 Å². The largest absolute Gasteiger partial charge is 0.306 e. The van der Waals surface area contributed by atoms with Gasteiger partial charge in [0.1, 0.15) is 0 Å². The van der Waals surface area contributed by atoms with Crippen LogP contribution in [0.4, 0.5) is 0 Å². The molecule has 1 aromatic rings. The fraction of sp³-hybridized carbons (Fsp3) is 0.571. The van der Waals surface area contributed by atoms with Crippen LogP contribution in [0.15, 0.2) is 33.6 Å². The third kappa shape index (κ3) is 4.04. The Bertz CT molecular complexity index is 566. The highest BCUT2D eigenvalue weighted by Crippen LogP contribution is 2.30. The summed E-state index contributed by atoms with van der Waals surface area (Å²) in [5.74, 6) is 0. The van der Waals surface area contributed by atoms with Gasteiger partial charge < -0.3 is 4.90 Å². The van der Waals surface area contributed by atoms with Gasteiger partial charge in [-0.15, -0.1) is 0 Å². The lowest BCUT2D eigenvalue weighted by molar-refractivity contribution is 0.143. The number of likely N-dealkylation sites (tertiary alicyclic amines) is 1. The van der Waals surface area contributed by atoms with Gasteiger partial charge in [-0.2, -0.15) is 0 Å². The molecule has 2 rings (SSSR count). The molecule has 0 unspecified atom stereocenters. The number of hydrogen-bond donors (Lipinski definition) is 1. The molecule has 1 N–H and O–H groups in total. The minimum Gasteiger partial charge on any atom is -0.306 e. The van der Waals surface area contributed by atoms with E-state index in [0.29, 0.717) is 11.4 Å². The van der Waals surface area contributed by atoms with Gasteiger partial charge in [0.15, 0.2) is 0 Å². The predicted octanol–water partition coefficient (Wildman–Crippen LogP) is 2.46. The Hall–Kier alpha value is -0.430. The highest BCUT2D eigenvalue weighted by atomic mass is 79.9. The zero-order valence-corrected chi connectivity index (χ0v) is 14.3. The van der Waals surface area contributed by atoms with Crippen LogP contribution in [0.5, 0.6) is 0 Å². The van der Waals surface area contributed by atoms with Crippen molar-refractivity contribution in [3.8, 4) is 0 Å². The van der Waals surface area contributed by atoms with E-state index in [1.807, 2.05) is 6.07 Å². The highest BCUT2D eigenvalue weighted by Gasteiger charge is 2.30. The van der Waals surface area contributed by atoms with E-state index in [-0.39, 0.29) is 5.41 Å². The fourth-order valence-electron chi connectivity index (χ4n) is 2.32. The van der Waals surface area contributed by atoms with E-state index in [4.69, 9.17) is 0 Å². The lowest BCUT2D eigenvalue weighted by Crippen LogP contribution is -2.43. The molecule has 0 atom stereocenters. The summed E-state index contributed by atoms with van der Waals surface area (Å²) in [4.78, 5) is 2.59. The van der Waals surface area contributed by atoms with Crippen molar-refractivity contribution < 1.29 is 8.42 Å². The highest BCUT2D eigenvalue weighted by molar-refractivity contribution is 9.10. The quantitative estimate of drug-likeness (QED) is 0.896. The van der Waals surface area contributed by atoms with Crippen molar-refractivity contribution in [3.05, 3.63) is 28.7 Å². The molecular weight excluding hydrogens is 340 g/mol. The number of benzene rings is 1. The maximum atomic E-state index is 12.3. The van der Waals surface area contributed by atoms with Gasteiger partial charge in [-0.25, -0.2) is 13.1 Å². The zero-order valence-electron chi connectivity index (χ0n) is 11.9. The normalized spacial score (nSPS) is 19.9. The summed E-state index contributed by atoms with van der Waals surface area (Å²) in [5, 5.41) is 0. The number of hydrogen-bond acceptors (Lipinski definition) is 3. The van der Waals surface area contributed by atoms with E-state index in [0.717, 1.165) is 30.4 Å². The summed E-state index contributed by atoms with van der Waals surface area (Å²) in [6.45, 7) is 4.70. The lowest BCUT2D eigenvalue weighted by Gasteiger charge is -2.37. The maximum Gasteiger partial charge on any atom is 0.240 e. The first kappa shape index (κ1) is 15.9. The van der Waals surface area contributed by atoms with Crippen molar-refractivity contribution >= 4 is 26.0 Å². The summed E-state index contributed by atoms with van der Waals surface area (Å²) in [7, 11) is -1.32. The number of nitrogens with one attached hydrogen (secondary N) is 1. The van der Waals surface area contributed by atoms with Gasteiger partial charge in [0.25, 0.3) is 0 Å². The van der Waals surface area contributed by atoms with Crippen LogP contribution < -0.4 is 4.72 Å². The molecule has 1 aliphatic heterocycles. The first-order valence-corrected chi connectivity index (χ1v) is 9.02. The Morgan fingerprint density at radius 2 is 2.00 bits per heavy atom. The topological polar surface area (TPSA) is 49.4 Å². The van der Waals surface area contributed by atoms with E-state index < -0.39 is 10.0 Å². The molecule has 0 radical (unpaired) electrons. The summed E-state index contributed by atoms with van der Waals surface area (Å²) < 4.78 is 28.1. The van der Waals surface area contributed by atoms with Crippen LogP contribution in [-0.2, 0) is 10.0 Å². The molecule has 4 nitrogen and oxygen atoms in total. The van der Waals surface area contributed by atoms with E-state index >= 15 is 0 Å². The van der Waals surface area contributed by atoms with Crippen molar-refractivity contribution in [2.45, 2.75) is 24.7 Å². The molecule has 0 bridgehead atoms. The van der Waals surface area contributed by atoms with Crippen LogP contribution in [0.25, 0.3) is 0 Å². The Labute approximate surface area is 129 Å². The molecule has 6 heteroatoms. The molecule has 0 saturated carbocycles. The van der Waals surface area contributed by atoms with Crippen molar-refractivity contribution in [2.24, 2.45) is 5.41 Å². The molecule has 1 heterocycles. The minimum absolute atomic E-state index is 0.0472. The van der Waals surface area contributed by atoms with Crippen LogP contribution in [0.2, 0.25) is 0 Å². The molecule has 0 spiro atoms. The molecule has 1 saturated heterocycles. The van der Waals surface area contributed by atoms with Gasteiger partial charge in [-0.1, -0.05) is 28.9 Å². The average Bonchev–Trinajstić information content (AvgIpc) is 2.41. The van der Waals surface area contributed by atoms with E-state index in [9.17, 15) is 8.42 Å². The second-order valence-electron chi connectivity index (χ2n) is 5.90. The van der Waals surface area contributed by atoms with Gasteiger partial charge in [-0.3, -0.25) is 0 Å². The maximum absolute atomic E-state index is 12.3. The Kier molecular flexibility index (Phi) is 4.89. The predicted molar refractivity (Wildman–Crippen MR) is 84.2 cm³/mol. The van der Waals surface area contributed by atoms with Crippen molar-refractivity contribution in [1.29, 1.82) is 0 Å². The minimum atomic E-state index is -3.43. The molecule has 0 aliphatic carbocycles. The van der Waals surface area contributed by atoms with Gasteiger partial charge in [0.05, 0.1) is 4.90 Å². The second kappa shape index (κ2) is 6.13. The third-order valence-corrected chi connectivity index (χ3v) is 5.88. The van der Waals surface area contributed by atoms with Gasteiger partial charge in [0.2, 0.25) is 10.0 Å². The summed E-state index contributed by atoms with van der Waals surface area (Å²) in [6, 6.07) is 6.79. The molecule has 1 fully saturated rings. The SMILES string of the molecule is CN1CCC(C)(CNS(=O)(=O)c2cccc(Br)c2)CC1. The van der Waals surface area contributed by atoms with E-state index in [1.165, 1.54) is 0 Å². The Morgan fingerprint density at radius 1 is 1.35 bits per heavy atom. The first-order valence-electron chi connectivity index (χ1n) is 6.75. The van der Waals surface area contributed by atoms with Crippen molar-refractivity contribution in [2.75, 3.05) is 26.7 Å². The van der Waals surface area contributed by atoms with Crippen molar-refractivity contribution in [1.82, 2.24) is 9.62 Å². The molecule has 20 heavy (non-hydrogen) atoms. The average molecular weight is 361 g/mol. The monoisotopic (exact) mass is 360 g/mol. The number of nitrogens with zero attached hydrogens (tertiary/aromatic N) is 1. The van der Waals surface area contributed by atoms with E-state index in [2.05, 4.69) is 39.5 Å². The van der Waals surface area contributed by atoms with E-state index in [1.54, 1.807) is 18.2 Å². The van der Waals surface area contributed by atoms with Gasteiger partial charge in [0, 0.05) is 11.0 Å².